The lowest BCUT2D eigenvalue weighted by molar-refractivity contribution is -0.141. The summed E-state index contributed by atoms with van der Waals surface area (Å²) in [5, 5.41) is 13.6. The molecule has 0 saturated carbocycles. The van der Waals surface area contributed by atoms with Gasteiger partial charge in [0.2, 0.25) is 0 Å². The Bertz CT molecular complexity index is 1210. The third kappa shape index (κ3) is 6.11. The maximum Gasteiger partial charge on any atom is 0.307 e. The summed E-state index contributed by atoms with van der Waals surface area (Å²) >= 11 is 0. The SMILES string of the molecule is CCc1cc(C(C)=NOCc2ccc(-c3ncccn3)c(C)c2)ccc1CN1CCC(C(=O)O)C1. The second-order valence-corrected chi connectivity index (χ2v) is 9.07. The van der Waals surface area contributed by atoms with Gasteiger partial charge in [0.15, 0.2) is 5.82 Å². The first-order chi connectivity index (χ1) is 16.9. The molecule has 7 nitrogen and oxygen atoms in total. The summed E-state index contributed by atoms with van der Waals surface area (Å²) in [4.78, 5) is 27.8. The molecular formula is C28H32N4O3. The minimum atomic E-state index is -0.693. The Morgan fingerprint density at radius 2 is 1.97 bits per heavy atom. The van der Waals surface area contributed by atoms with Crippen LogP contribution in [0.25, 0.3) is 11.4 Å². The molecule has 0 aliphatic carbocycles. The molecule has 1 atom stereocenters. The van der Waals surface area contributed by atoms with E-state index in [4.69, 9.17) is 4.84 Å². The van der Waals surface area contributed by atoms with Crippen LogP contribution < -0.4 is 0 Å². The largest absolute Gasteiger partial charge is 0.481 e. The van der Waals surface area contributed by atoms with Crippen molar-refractivity contribution in [1.29, 1.82) is 0 Å². The Kier molecular flexibility index (Phi) is 7.87. The number of oxime groups is 1. The summed E-state index contributed by atoms with van der Waals surface area (Å²) in [5.74, 6) is -0.229. The first-order valence-electron chi connectivity index (χ1n) is 12.1. The van der Waals surface area contributed by atoms with E-state index in [2.05, 4.69) is 51.2 Å². The fourth-order valence-corrected chi connectivity index (χ4v) is 4.51. The normalized spacial score (nSPS) is 16.4. The first kappa shape index (κ1) is 24.5. The fraction of sp³-hybridized carbons (Fsp3) is 0.357. The van der Waals surface area contributed by atoms with Gasteiger partial charge in [-0.1, -0.05) is 42.4 Å². The highest BCUT2D eigenvalue weighted by atomic mass is 16.6. The van der Waals surface area contributed by atoms with Gasteiger partial charge in [0.1, 0.15) is 6.61 Å². The highest BCUT2D eigenvalue weighted by Gasteiger charge is 2.28. The molecule has 1 aliphatic rings. The Labute approximate surface area is 206 Å². The van der Waals surface area contributed by atoms with Crippen molar-refractivity contribution in [2.75, 3.05) is 13.1 Å². The minimum Gasteiger partial charge on any atom is -0.481 e. The number of aryl methyl sites for hydroxylation is 2. The van der Waals surface area contributed by atoms with Crippen LogP contribution >= 0.6 is 0 Å². The number of benzene rings is 2. The number of carbonyl (C=O) groups is 1. The number of aromatic nitrogens is 2. The van der Waals surface area contributed by atoms with Crippen LogP contribution in [0.3, 0.4) is 0 Å². The second-order valence-electron chi connectivity index (χ2n) is 9.07. The highest BCUT2D eigenvalue weighted by Crippen LogP contribution is 2.23. The lowest BCUT2D eigenvalue weighted by Gasteiger charge is -2.18. The summed E-state index contributed by atoms with van der Waals surface area (Å²) in [6.45, 7) is 8.75. The van der Waals surface area contributed by atoms with Gasteiger partial charge in [-0.3, -0.25) is 9.69 Å². The summed E-state index contributed by atoms with van der Waals surface area (Å²) in [6, 6.07) is 14.3. The van der Waals surface area contributed by atoms with Crippen LogP contribution in [0.2, 0.25) is 0 Å². The van der Waals surface area contributed by atoms with Gasteiger partial charge in [-0.2, -0.15) is 0 Å². The number of hydrogen-bond donors (Lipinski definition) is 1. The number of aliphatic carboxylic acids is 1. The molecular weight excluding hydrogens is 440 g/mol. The topological polar surface area (TPSA) is 87.9 Å². The average Bonchev–Trinajstić information content (AvgIpc) is 3.34. The first-order valence-corrected chi connectivity index (χ1v) is 12.1. The van der Waals surface area contributed by atoms with Crippen molar-refractivity contribution in [2.24, 2.45) is 11.1 Å². The summed E-state index contributed by atoms with van der Waals surface area (Å²) < 4.78 is 0. The lowest BCUT2D eigenvalue weighted by Crippen LogP contribution is -2.23. The van der Waals surface area contributed by atoms with E-state index in [1.165, 1.54) is 11.1 Å². The van der Waals surface area contributed by atoms with E-state index in [-0.39, 0.29) is 5.92 Å². The third-order valence-electron chi connectivity index (χ3n) is 6.55. The van der Waals surface area contributed by atoms with Crippen molar-refractivity contribution >= 4 is 11.7 Å². The number of carboxylic acid groups (broad SMARTS) is 1. The van der Waals surface area contributed by atoms with Crippen molar-refractivity contribution in [3.05, 3.63) is 82.7 Å². The van der Waals surface area contributed by atoms with Crippen LogP contribution in [0.15, 0.2) is 60.0 Å². The second kappa shape index (κ2) is 11.2. The molecule has 2 aromatic carbocycles. The van der Waals surface area contributed by atoms with Gasteiger partial charge in [0.25, 0.3) is 0 Å². The zero-order valence-electron chi connectivity index (χ0n) is 20.6. The summed E-state index contributed by atoms with van der Waals surface area (Å²) in [6.07, 6.45) is 5.12. The molecule has 182 valence electrons. The van der Waals surface area contributed by atoms with Gasteiger partial charge < -0.3 is 9.94 Å². The van der Waals surface area contributed by atoms with Gasteiger partial charge in [-0.15, -0.1) is 0 Å². The molecule has 35 heavy (non-hydrogen) atoms. The number of hydrogen-bond acceptors (Lipinski definition) is 6. The van der Waals surface area contributed by atoms with Crippen molar-refractivity contribution in [2.45, 2.75) is 46.8 Å². The molecule has 2 heterocycles. The summed E-state index contributed by atoms with van der Waals surface area (Å²) in [7, 11) is 0. The third-order valence-corrected chi connectivity index (χ3v) is 6.55. The van der Waals surface area contributed by atoms with Crippen LogP contribution in [0.4, 0.5) is 0 Å². The highest BCUT2D eigenvalue weighted by molar-refractivity contribution is 5.98. The van der Waals surface area contributed by atoms with E-state index in [0.717, 1.165) is 53.9 Å². The standard InChI is InChI=1S/C28H32N4O3/c1-4-22-15-23(7-8-24(22)16-32-13-10-25(17-32)28(33)34)20(3)31-35-18-21-6-9-26(19(2)14-21)27-29-11-5-12-30-27/h5-9,11-12,14-15,25H,4,10,13,16-18H2,1-3H3,(H,33,34). The maximum atomic E-state index is 11.3. The number of likely N-dealkylation sites (tertiary alicyclic amines) is 1. The quantitative estimate of drug-likeness (QED) is 0.353. The Morgan fingerprint density at radius 3 is 2.66 bits per heavy atom. The molecule has 0 bridgehead atoms. The fourth-order valence-electron chi connectivity index (χ4n) is 4.51. The monoisotopic (exact) mass is 472 g/mol. The zero-order valence-corrected chi connectivity index (χ0v) is 20.6. The van der Waals surface area contributed by atoms with Crippen LogP contribution in [0.1, 0.15) is 48.1 Å². The number of carboxylic acids is 1. The molecule has 1 aliphatic heterocycles. The van der Waals surface area contributed by atoms with Gasteiger partial charge in [0, 0.05) is 31.0 Å². The average molecular weight is 473 g/mol. The predicted molar refractivity (Wildman–Crippen MR) is 136 cm³/mol. The molecule has 1 saturated heterocycles. The Hall–Kier alpha value is -3.58. The molecule has 1 N–H and O–H groups in total. The van der Waals surface area contributed by atoms with Gasteiger partial charge >= 0.3 is 5.97 Å². The van der Waals surface area contributed by atoms with Crippen LogP contribution in [-0.2, 0) is 29.2 Å². The zero-order chi connectivity index (χ0) is 24.8. The van der Waals surface area contributed by atoms with Crippen LogP contribution in [-0.4, -0.2) is 44.7 Å². The van der Waals surface area contributed by atoms with Crippen molar-refractivity contribution < 1.29 is 14.7 Å². The molecule has 1 fully saturated rings. The van der Waals surface area contributed by atoms with Gasteiger partial charge in [-0.25, -0.2) is 9.97 Å². The van der Waals surface area contributed by atoms with E-state index in [1.54, 1.807) is 12.4 Å². The van der Waals surface area contributed by atoms with E-state index >= 15 is 0 Å². The molecule has 3 aromatic rings. The molecule has 7 heteroatoms. The van der Waals surface area contributed by atoms with E-state index in [9.17, 15) is 9.90 Å². The number of nitrogens with zero attached hydrogens (tertiary/aromatic N) is 4. The van der Waals surface area contributed by atoms with E-state index in [1.807, 2.05) is 32.0 Å². The molecule has 0 amide bonds. The van der Waals surface area contributed by atoms with Crippen LogP contribution in [0, 0.1) is 12.8 Å². The molecule has 1 unspecified atom stereocenters. The van der Waals surface area contributed by atoms with Gasteiger partial charge in [0.05, 0.1) is 11.6 Å². The molecule has 1 aromatic heterocycles. The smallest absolute Gasteiger partial charge is 0.307 e. The van der Waals surface area contributed by atoms with Crippen molar-refractivity contribution in [3.63, 3.8) is 0 Å². The summed E-state index contributed by atoms with van der Waals surface area (Å²) in [5.41, 5.74) is 7.49. The molecule has 0 radical (unpaired) electrons. The predicted octanol–water partition coefficient (Wildman–Crippen LogP) is 4.86. The molecule has 4 rings (SSSR count). The van der Waals surface area contributed by atoms with Crippen molar-refractivity contribution in [3.8, 4) is 11.4 Å². The van der Waals surface area contributed by atoms with Crippen molar-refractivity contribution in [1.82, 2.24) is 14.9 Å². The minimum absolute atomic E-state index is 0.252. The number of rotatable bonds is 9. The van der Waals surface area contributed by atoms with Gasteiger partial charge in [-0.05, 0) is 73.2 Å². The van der Waals surface area contributed by atoms with E-state index < -0.39 is 5.97 Å². The Morgan fingerprint density at radius 1 is 1.17 bits per heavy atom. The lowest BCUT2D eigenvalue weighted by atomic mass is 9.99. The van der Waals surface area contributed by atoms with E-state index in [0.29, 0.717) is 19.0 Å². The maximum absolute atomic E-state index is 11.3. The Balaban J connectivity index is 1.38. The molecule has 0 spiro atoms. The van der Waals surface area contributed by atoms with Crippen LogP contribution in [0.5, 0.6) is 0 Å².